The molecule has 21 heavy (non-hydrogen) atoms. The van der Waals surface area contributed by atoms with E-state index in [2.05, 4.69) is 37.4 Å². The molecule has 3 nitrogen and oxygen atoms in total. The van der Waals surface area contributed by atoms with E-state index in [1.54, 1.807) is 0 Å². The summed E-state index contributed by atoms with van der Waals surface area (Å²) in [6, 6.07) is 7.06. The zero-order valence-electron chi connectivity index (χ0n) is 13.7. The van der Waals surface area contributed by atoms with Crippen LogP contribution in [-0.4, -0.2) is 32.4 Å². The van der Waals surface area contributed by atoms with Crippen molar-refractivity contribution in [2.75, 3.05) is 20.3 Å². The number of nitrogens with one attached hydrogen (secondary N) is 1. The number of likely N-dealkylation sites (N-methyl/N-ethyl adjacent to an activating group) is 1. The number of aryl methyl sites for hydroxylation is 1. The van der Waals surface area contributed by atoms with Gasteiger partial charge in [0.25, 0.3) is 0 Å². The standard InChI is InChI=1S/C18H29NO2/c1-4-6-18(20-5-2)16(19-3)9-7-14-8-10-17-15(13-14)11-12-21-17/h8,10,13,16,18-19H,4-7,9,11-12H2,1-3H3. The van der Waals surface area contributed by atoms with Crippen LogP contribution >= 0.6 is 0 Å². The lowest BCUT2D eigenvalue weighted by atomic mass is 9.97. The van der Waals surface area contributed by atoms with Crippen LogP contribution in [0.25, 0.3) is 0 Å². The molecule has 1 aromatic rings. The Morgan fingerprint density at radius 1 is 1.29 bits per heavy atom. The Balaban J connectivity index is 1.92. The second-order valence-electron chi connectivity index (χ2n) is 5.76. The van der Waals surface area contributed by atoms with Gasteiger partial charge in [-0.1, -0.05) is 25.5 Å². The van der Waals surface area contributed by atoms with E-state index < -0.39 is 0 Å². The summed E-state index contributed by atoms with van der Waals surface area (Å²) in [5.41, 5.74) is 2.77. The molecular formula is C18H29NO2. The number of hydrogen-bond donors (Lipinski definition) is 1. The second-order valence-corrected chi connectivity index (χ2v) is 5.76. The highest BCUT2D eigenvalue weighted by Gasteiger charge is 2.20. The maximum absolute atomic E-state index is 5.92. The second kappa shape index (κ2) is 8.40. The molecule has 0 saturated heterocycles. The van der Waals surface area contributed by atoms with Gasteiger partial charge < -0.3 is 14.8 Å². The summed E-state index contributed by atoms with van der Waals surface area (Å²) in [5, 5.41) is 3.44. The average Bonchev–Trinajstić information content (AvgIpc) is 2.96. The largest absolute Gasteiger partial charge is 0.493 e. The highest BCUT2D eigenvalue weighted by atomic mass is 16.5. The van der Waals surface area contributed by atoms with Gasteiger partial charge in [-0.2, -0.15) is 0 Å². The van der Waals surface area contributed by atoms with Crippen LogP contribution in [0.3, 0.4) is 0 Å². The molecule has 1 aromatic carbocycles. The van der Waals surface area contributed by atoms with E-state index in [0.717, 1.165) is 44.6 Å². The topological polar surface area (TPSA) is 30.5 Å². The summed E-state index contributed by atoms with van der Waals surface area (Å²) >= 11 is 0. The number of ether oxygens (including phenoxy) is 2. The smallest absolute Gasteiger partial charge is 0.122 e. The average molecular weight is 291 g/mol. The first-order valence-electron chi connectivity index (χ1n) is 8.32. The quantitative estimate of drug-likeness (QED) is 0.757. The Bertz CT molecular complexity index is 427. The van der Waals surface area contributed by atoms with Crippen LogP contribution in [0.2, 0.25) is 0 Å². The molecule has 2 rings (SSSR count). The van der Waals surface area contributed by atoms with Gasteiger partial charge in [0.1, 0.15) is 5.75 Å². The van der Waals surface area contributed by atoms with Gasteiger partial charge in [-0.3, -0.25) is 0 Å². The molecule has 1 heterocycles. The molecule has 0 fully saturated rings. The van der Waals surface area contributed by atoms with Gasteiger partial charge in [0.15, 0.2) is 0 Å². The molecule has 3 heteroatoms. The Kier molecular flexibility index (Phi) is 6.52. The Morgan fingerprint density at radius 2 is 2.14 bits per heavy atom. The number of hydrogen-bond acceptors (Lipinski definition) is 3. The van der Waals surface area contributed by atoms with Crippen molar-refractivity contribution in [3.63, 3.8) is 0 Å². The van der Waals surface area contributed by atoms with Crippen molar-refractivity contribution in [1.29, 1.82) is 0 Å². The maximum atomic E-state index is 5.92. The maximum Gasteiger partial charge on any atom is 0.122 e. The summed E-state index contributed by atoms with van der Waals surface area (Å²) in [6.45, 7) is 5.93. The van der Waals surface area contributed by atoms with Crippen molar-refractivity contribution in [3.05, 3.63) is 29.3 Å². The fraction of sp³-hybridized carbons (Fsp3) is 0.667. The van der Waals surface area contributed by atoms with Crippen LogP contribution in [0.4, 0.5) is 0 Å². The highest BCUT2D eigenvalue weighted by molar-refractivity contribution is 5.39. The monoisotopic (exact) mass is 291 g/mol. The van der Waals surface area contributed by atoms with Crippen LogP contribution in [0.5, 0.6) is 5.75 Å². The van der Waals surface area contributed by atoms with Crippen molar-refractivity contribution in [2.24, 2.45) is 0 Å². The Morgan fingerprint density at radius 3 is 2.86 bits per heavy atom. The first kappa shape index (κ1) is 16.3. The third-order valence-electron chi connectivity index (χ3n) is 4.27. The minimum absolute atomic E-state index is 0.322. The predicted octanol–water partition coefficient (Wildman–Crippen LogP) is 3.35. The highest BCUT2D eigenvalue weighted by Crippen LogP contribution is 2.26. The molecule has 0 spiro atoms. The zero-order chi connectivity index (χ0) is 15.1. The molecule has 0 bridgehead atoms. The van der Waals surface area contributed by atoms with Gasteiger partial charge in [0.05, 0.1) is 12.7 Å². The van der Waals surface area contributed by atoms with E-state index in [9.17, 15) is 0 Å². The van der Waals surface area contributed by atoms with Gasteiger partial charge in [-0.05, 0) is 50.4 Å². The summed E-state index contributed by atoms with van der Waals surface area (Å²) in [5.74, 6) is 1.07. The van der Waals surface area contributed by atoms with Crippen molar-refractivity contribution in [3.8, 4) is 5.75 Å². The van der Waals surface area contributed by atoms with E-state index >= 15 is 0 Å². The molecule has 0 radical (unpaired) electrons. The van der Waals surface area contributed by atoms with Crippen molar-refractivity contribution in [2.45, 2.75) is 58.1 Å². The van der Waals surface area contributed by atoms with Crippen molar-refractivity contribution in [1.82, 2.24) is 5.32 Å². The first-order valence-corrected chi connectivity index (χ1v) is 8.32. The van der Waals surface area contributed by atoms with E-state index in [1.807, 2.05) is 7.05 Å². The van der Waals surface area contributed by atoms with Crippen LogP contribution < -0.4 is 10.1 Å². The van der Waals surface area contributed by atoms with Gasteiger partial charge >= 0.3 is 0 Å². The van der Waals surface area contributed by atoms with Crippen molar-refractivity contribution >= 4 is 0 Å². The summed E-state index contributed by atoms with van der Waals surface area (Å²) in [7, 11) is 2.04. The third-order valence-corrected chi connectivity index (χ3v) is 4.27. The van der Waals surface area contributed by atoms with Crippen LogP contribution in [-0.2, 0) is 17.6 Å². The third kappa shape index (κ3) is 4.45. The summed E-state index contributed by atoms with van der Waals surface area (Å²) in [6.07, 6.45) is 5.86. The molecule has 0 saturated carbocycles. The van der Waals surface area contributed by atoms with Gasteiger partial charge in [-0.25, -0.2) is 0 Å². The lowest BCUT2D eigenvalue weighted by molar-refractivity contribution is 0.0279. The molecule has 1 aliphatic rings. The number of benzene rings is 1. The lowest BCUT2D eigenvalue weighted by Gasteiger charge is -2.26. The molecule has 1 N–H and O–H groups in total. The van der Waals surface area contributed by atoms with Gasteiger partial charge in [0.2, 0.25) is 0 Å². The summed E-state index contributed by atoms with van der Waals surface area (Å²) < 4.78 is 11.5. The number of fused-ring (bicyclic) bond motifs is 1. The molecule has 0 aromatic heterocycles. The fourth-order valence-corrected chi connectivity index (χ4v) is 3.13. The summed E-state index contributed by atoms with van der Waals surface area (Å²) in [4.78, 5) is 0. The van der Waals surface area contributed by atoms with E-state index in [1.165, 1.54) is 17.5 Å². The Labute approximate surface area is 129 Å². The van der Waals surface area contributed by atoms with Crippen LogP contribution in [0.15, 0.2) is 18.2 Å². The molecule has 2 atom stereocenters. The fourth-order valence-electron chi connectivity index (χ4n) is 3.13. The van der Waals surface area contributed by atoms with Crippen LogP contribution in [0.1, 0.15) is 44.2 Å². The minimum Gasteiger partial charge on any atom is -0.493 e. The minimum atomic E-state index is 0.322. The van der Waals surface area contributed by atoms with Crippen molar-refractivity contribution < 1.29 is 9.47 Å². The normalized spacial score (nSPS) is 16.3. The Hall–Kier alpha value is -1.06. The molecular weight excluding hydrogens is 262 g/mol. The van der Waals surface area contributed by atoms with Gasteiger partial charge in [0, 0.05) is 19.1 Å². The zero-order valence-corrected chi connectivity index (χ0v) is 13.7. The molecule has 1 aliphatic heterocycles. The number of rotatable bonds is 9. The van der Waals surface area contributed by atoms with E-state index in [0.29, 0.717) is 12.1 Å². The molecule has 0 aliphatic carbocycles. The SMILES string of the molecule is CCCC(OCC)C(CCc1ccc2c(c1)CCO2)NC. The molecule has 2 unspecified atom stereocenters. The lowest BCUT2D eigenvalue weighted by Crippen LogP contribution is -2.39. The molecule has 0 amide bonds. The van der Waals surface area contributed by atoms with Crippen LogP contribution in [0, 0.1) is 0 Å². The van der Waals surface area contributed by atoms with Gasteiger partial charge in [-0.15, -0.1) is 0 Å². The van der Waals surface area contributed by atoms with E-state index in [4.69, 9.17) is 9.47 Å². The molecule has 118 valence electrons. The predicted molar refractivity (Wildman–Crippen MR) is 87.1 cm³/mol. The van der Waals surface area contributed by atoms with E-state index in [-0.39, 0.29) is 0 Å². The first-order chi connectivity index (χ1) is 10.3.